The van der Waals surface area contributed by atoms with Gasteiger partial charge in [0.15, 0.2) is 0 Å². The van der Waals surface area contributed by atoms with Crippen molar-refractivity contribution in [2.75, 3.05) is 6.61 Å². The van der Waals surface area contributed by atoms with Crippen LogP contribution in [0.15, 0.2) is 66.7 Å². The zero-order chi connectivity index (χ0) is 24.6. The minimum Gasteiger partial charge on any atom is -0.491 e. The van der Waals surface area contributed by atoms with Gasteiger partial charge in [-0.25, -0.2) is 9.59 Å². The number of carbonyl (C=O) groups excluding carboxylic acids is 1. The van der Waals surface area contributed by atoms with Crippen molar-refractivity contribution in [3.63, 3.8) is 0 Å². The summed E-state index contributed by atoms with van der Waals surface area (Å²) in [5.74, 6) is -0.374. The predicted octanol–water partition coefficient (Wildman–Crippen LogP) is 5.32. The first-order valence-corrected chi connectivity index (χ1v) is 12.0. The summed E-state index contributed by atoms with van der Waals surface area (Å²) in [4.78, 5) is 25.3. The number of carboxylic acid groups (broad SMARTS) is 1. The Morgan fingerprint density at radius 2 is 1.66 bits per heavy atom. The fourth-order valence-corrected chi connectivity index (χ4v) is 5.35. The number of alkyl carbamates (subject to hydrolysis) is 1. The van der Waals surface area contributed by atoms with Crippen LogP contribution in [0.1, 0.15) is 48.4 Å². The highest BCUT2D eigenvalue weighted by atomic mass is 16.5. The Labute approximate surface area is 204 Å². The monoisotopic (exact) mass is 471 g/mol. The van der Waals surface area contributed by atoms with Crippen LogP contribution >= 0.6 is 0 Å². The second-order valence-electron chi connectivity index (χ2n) is 9.58. The molecule has 0 heterocycles. The number of benzene rings is 3. The number of hydrogen-bond donors (Lipinski definition) is 2. The van der Waals surface area contributed by atoms with E-state index in [9.17, 15) is 14.7 Å². The van der Waals surface area contributed by atoms with Crippen LogP contribution in [0.5, 0.6) is 5.75 Å². The summed E-state index contributed by atoms with van der Waals surface area (Å²) in [5.41, 5.74) is 4.96. The van der Waals surface area contributed by atoms with Crippen molar-refractivity contribution in [1.82, 2.24) is 5.32 Å². The molecule has 35 heavy (non-hydrogen) atoms. The third kappa shape index (κ3) is 4.25. The summed E-state index contributed by atoms with van der Waals surface area (Å²) in [6.45, 7) is 4.06. The molecule has 6 nitrogen and oxygen atoms in total. The maximum Gasteiger partial charge on any atom is 0.408 e. The maximum atomic E-state index is 12.9. The van der Waals surface area contributed by atoms with E-state index in [2.05, 4.69) is 29.6 Å². The van der Waals surface area contributed by atoms with Gasteiger partial charge in [0.1, 0.15) is 17.9 Å². The van der Waals surface area contributed by atoms with Gasteiger partial charge in [-0.1, -0.05) is 60.7 Å². The summed E-state index contributed by atoms with van der Waals surface area (Å²) in [6, 6.07) is 21.9. The van der Waals surface area contributed by atoms with Gasteiger partial charge in [0.25, 0.3) is 0 Å². The summed E-state index contributed by atoms with van der Waals surface area (Å²) >= 11 is 0. The first kappa shape index (κ1) is 23.0. The zero-order valence-electron chi connectivity index (χ0n) is 19.9. The molecule has 2 N–H and O–H groups in total. The molecule has 0 saturated carbocycles. The highest BCUT2D eigenvalue weighted by molar-refractivity contribution is 5.85. The van der Waals surface area contributed by atoms with Crippen molar-refractivity contribution in [3.05, 3.63) is 89.0 Å². The van der Waals surface area contributed by atoms with Crippen LogP contribution in [0.3, 0.4) is 0 Å². The second-order valence-corrected chi connectivity index (χ2v) is 9.58. The molecule has 3 aromatic carbocycles. The number of fused-ring (bicyclic) bond motifs is 4. The highest BCUT2D eigenvalue weighted by Gasteiger charge is 2.44. The smallest absolute Gasteiger partial charge is 0.408 e. The van der Waals surface area contributed by atoms with Gasteiger partial charge in [-0.05, 0) is 66.1 Å². The molecule has 6 heteroatoms. The predicted molar refractivity (Wildman–Crippen MR) is 133 cm³/mol. The van der Waals surface area contributed by atoms with Crippen LogP contribution in [0, 0.1) is 0 Å². The molecule has 180 valence electrons. The number of carboxylic acids is 1. The second kappa shape index (κ2) is 9.10. The molecule has 0 bridgehead atoms. The van der Waals surface area contributed by atoms with E-state index in [1.165, 1.54) is 0 Å². The van der Waals surface area contributed by atoms with Crippen molar-refractivity contribution >= 4 is 12.1 Å². The Morgan fingerprint density at radius 3 is 2.29 bits per heavy atom. The van der Waals surface area contributed by atoms with Gasteiger partial charge in [-0.2, -0.15) is 0 Å². The van der Waals surface area contributed by atoms with Crippen LogP contribution < -0.4 is 10.1 Å². The summed E-state index contributed by atoms with van der Waals surface area (Å²) < 4.78 is 11.6. The molecule has 0 fully saturated rings. The quantitative estimate of drug-likeness (QED) is 0.508. The lowest BCUT2D eigenvalue weighted by Gasteiger charge is -2.35. The maximum absolute atomic E-state index is 12.9. The number of ether oxygens (including phenoxy) is 2. The van der Waals surface area contributed by atoms with E-state index in [1.54, 1.807) is 0 Å². The van der Waals surface area contributed by atoms with Gasteiger partial charge < -0.3 is 19.9 Å². The van der Waals surface area contributed by atoms with E-state index in [-0.39, 0.29) is 31.5 Å². The SMILES string of the molecule is CC(C)Oc1cccc2c1CCC(NC(=O)OCC1c3ccccc3-c3ccccc31)(C(=O)O)C2. The van der Waals surface area contributed by atoms with Crippen molar-refractivity contribution in [2.24, 2.45) is 0 Å². The van der Waals surface area contributed by atoms with Crippen LogP contribution in [-0.2, 0) is 22.4 Å². The van der Waals surface area contributed by atoms with E-state index < -0.39 is 17.6 Å². The Balaban J connectivity index is 1.32. The number of rotatable bonds is 6. The van der Waals surface area contributed by atoms with Crippen LogP contribution in [0.2, 0.25) is 0 Å². The van der Waals surface area contributed by atoms with Gasteiger partial charge in [-0.3, -0.25) is 0 Å². The summed E-state index contributed by atoms with van der Waals surface area (Å²) in [6.07, 6.45) is 0.238. The number of aliphatic carboxylic acids is 1. The minimum absolute atomic E-state index is 0.0200. The standard InChI is InChI=1S/C29H29NO5/c1-18(2)35-26-13-7-8-19-16-29(27(31)32,15-14-20(19)26)30-28(33)34-17-25-23-11-5-3-9-21(23)22-10-4-6-12-24(22)25/h3-13,18,25H,14-17H2,1-2H3,(H,30,33)(H,31,32). The molecule has 2 aliphatic carbocycles. The topological polar surface area (TPSA) is 84.9 Å². The Kier molecular flexibility index (Phi) is 5.97. The average Bonchev–Trinajstić information content (AvgIpc) is 3.16. The lowest BCUT2D eigenvalue weighted by molar-refractivity contribution is -0.145. The molecular weight excluding hydrogens is 442 g/mol. The Morgan fingerprint density at radius 1 is 1.00 bits per heavy atom. The van der Waals surface area contributed by atoms with Crippen molar-refractivity contribution < 1.29 is 24.2 Å². The van der Waals surface area contributed by atoms with Crippen molar-refractivity contribution in [2.45, 2.75) is 50.7 Å². The zero-order valence-corrected chi connectivity index (χ0v) is 19.9. The average molecular weight is 472 g/mol. The third-order valence-electron chi connectivity index (χ3n) is 6.98. The lowest BCUT2D eigenvalue weighted by atomic mass is 9.77. The highest BCUT2D eigenvalue weighted by Crippen LogP contribution is 2.44. The number of hydrogen-bond acceptors (Lipinski definition) is 4. The molecular formula is C29H29NO5. The Hall–Kier alpha value is -3.80. The van der Waals surface area contributed by atoms with E-state index in [1.807, 2.05) is 56.3 Å². The van der Waals surface area contributed by atoms with E-state index in [0.29, 0.717) is 6.42 Å². The molecule has 0 saturated heterocycles. The van der Waals surface area contributed by atoms with Crippen LogP contribution in [0.25, 0.3) is 11.1 Å². The van der Waals surface area contributed by atoms with Crippen LogP contribution in [0.4, 0.5) is 4.79 Å². The van der Waals surface area contributed by atoms with E-state index in [4.69, 9.17) is 9.47 Å². The molecule has 0 spiro atoms. The number of amides is 1. The summed E-state index contributed by atoms with van der Waals surface area (Å²) in [5, 5.41) is 12.8. The molecule has 3 aromatic rings. The summed E-state index contributed by atoms with van der Waals surface area (Å²) in [7, 11) is 0. The van der Waals surface area contributed by atoms with Gasteiger partial charge in [-0.15, -0.1) is 0 Å². The van der Waals surface area contributed by atoms with E-state index >= 15 is 0 Å². The molecule has 0 aromatic heterocycles. The number of carbonyl (C=O) groups is 2. The molecule has 0 radical (unpaired) electrons. The van der Waals surface area contributed by atoms with Gasteiger partial charge >= 0.3 is 12.1 Å². The minimum atomic E-state index is -1.42. The lowest BCUT2D eigenvalue weighted by Crippen LogP contribution is -2.58. The molecule has 5 rings (SSSR count). The van der Waals surface area contributed by atoms with Gasteiger partial charge in [0.05, 0.1) is 6.10 Å². The molecule has 1 amide bonds. The molecule has 1 unspecified atom stereocenters. The fraction of sp³-hybridized carbons (Fsp3) is 0.310. The number of nitrogens with one attached hydrogen (secondary N) is 1. The third-order valence-corrected chi connectivity index (χ3v) is 6.98. The normalized spacial score (nSPS) is 18.4. The van der Waals surface area contributed by atoms with Gasteiger partial charge in [0, 0.05) is 12.3 Å². The van der Waals surface area contributed by atoms with E-state index in [0.717, 1.165) is 39.1 Å². The van der Waals surface area contributed by atoms with Crippen molar-refractivity contribution in [3.8, 4) is 16.9 Å². The van der Waals surface area contributed by atoms with Crippen LogP contribution in [-0.4, -0.2) is 35.4 Å². The van der Waals surface area contributed by atoms with Gasteiger partial charge in [0.2, 0.25) is 0 Å². The molecule has 0 aliphatic heterocycles. The Bertz CT molecular complexity index is 1240. The first-order chi connectivity index (χ1) is 16.9. The largest absolute Gasteiger partial charge is 0.491 e. The fourth-order valence-electron chi connectivity index (χ4n) is 5.35. The first-order valence-electron chi connectivity index (χ1n) is 12.0. The molecule has 1 atom stereocenters. The van der Waals surface area contributed by atoms with Crippen molar-refractivity contribution in [1.29, 1.82) is 0 Å². The molecule has 2 aliphatic rings.